The molecule has 3 heterocycles. The van der Waals surface area contributed by atoms with Crippen LogP contribution in [-0.4, -0.2) is 18.7 Å². The van der Waals surface area contributed by atoms with Crippen LogP contribution in [0.3, 0.4) is 0 Å². The zero-order chi connectivity index (χ0) is 23.8. The lowest BCUT2D eigenvalue weighted by molar-refractivity contribution is -0.685. The number of hydrogen-bond donors (Lipinski definition) is 0. The van der Waals surface area contributed by atoms with Crippen LogP contribution in [0.1, 0.15) is 23.1 Å². The van der Waals surface area contributed by atoms with Crippen LogP contribution in [0.15, 0.2) is 63.7 Å². The van der Waals surface area contributed by atoms with Crippen molar-refractivity contribution in [3.8, 4) is 5.75 Å². The Balaban J connectivity index is 1.60. The van der Waals surface area contributed by atoms with Crippen molar-refractivity contribution in [2.45, 2.75) is 31.8 Å². The van der Waals surface area contributed by atoms with Gasteiger partial charge in [-0.3, -0.25) is 9.36 Å². The summed E-state index contributed by atoms with van der Waals surface area (Å²) in [6, 6.07) is 14.5. The van der Waals surface area contributed by atoms with Gasteiger partial charge in [0.05, 0.1) is 29.8 Å². The minimum Gasteiger partial charge on any atom is -0.496 e. The van der Waals surface area contributed by atoms with Gasteiger partial charge in [-0.1, -0.05) is 41.3 Å². The summed E-state index contributed by atoms with van der Waals surface area (Å²) < 4.78 is 11.4. The van der Waals surface area contributed by atoms with Crippen molar-refractivity contribution in [3.63, 3.8) is 0 Å². The molecule has 2 aromatic heterocycles. The van der Waals surface area contributed by atoms with Crippen molar-refractivity contribution < 1.29 is 9.30 Å². The van der Waals surface area contributed by atoms with Crippen molar-refractivity contribution in [1.29, 1.82) is 0 Å². The number of fused-ring (bicyclic) bond motifs is 1. The summed E-state index contributed by atoms with van der Waals surface area (Å²) in [5.74, 6) is 0.878. The molecule has 0 radical (unpaired) electrons. The molecular formula is C26H26N3O2S3+. The largest absolute Gasteiger partial charge is 0.496 e. The molecule has 174 valence electrons. The van der Waals surface area contributed by atoms with E-state index in [9.17, 15) is 4.79 Å². The molecule has 1 aliphatic heterocycles. The number of aryl methyl sites for hydroxylation is 1. The SMILES string of the molecule is CCn1c(=O)/c(=C2\Sc3ccc(C)cc3N2C)s/c1=C\c1scc[n+]1Cc1ccccc1OC. The number of thiazole rings is 2. The van der Waals surface area contributed by atoms with Gasteiger partial charge in [0, 0.05) is 18.5 Å². The number of nitrogens with zero attached hydrogens (tertiary/aromatic N) is 3. The van der Waals surface area contributed by atoms with E-state index in [1.165, 1.54) is 10.5 Å². The molecule has 34 heavy (non-hydrogen) atoms. The van der Waals surface area contributed by atoms with E-state index >= 15 is 0 Å². The number of rotatable bonds is 5. The monoisotopic (exact) mass is 508 g/mol. The molecule has 0 saturated carbocycles. The van der Waals surface area contributed by atoms with Crippen LogP contribution in [0.2, 0.25) is 0 Å². The Labute approximate surface area is 210 Å². The lowest BCUT2D eigenvalue weighted by atomic mass is 10.2. The Morgan fingerprint density at radius 2 is 2.00 bits per heavy atom. The third kappa shape index (κ3) is 4.10. The third-order valence-corrected chi connectivity index (χ3v) is 9.24. The summed E-state index contributed by atoms with van der Waals surface area (Å²) in [6.07, 6.45) is 4.22. The summed E-state index contributed by atoms with van der Waals surface area (Å²) >= 11 is 4.92. The molecule has 0 bridgehead atoms. The first kappa shape index (κ1) is 23.0. The van der Waals surface area contributed by atoms with E-state index in [1.807, 2.05) is 36.7 Å². The molecule has 0 N–H and O–H groups in total. The van der Waals surface area contributed by atoms with Gasteiger partial charge in [-0.2, -0.15) is 4.57 Å². The van der Waals surface area contributed by atoms with E-state index in [-0.39, 0.29) is 5.56 Å². The van der Waals surface area contributed by atoms with E-state index in [4.69, 9.17) is 4.74 Å². The first-order valence-corrected chi connectivity index (χ1v) is 13.6. The number of thioether (sulfide) groups is 1. The minimum atomic E-state index is 0.0745. The molecule has 0 saturated heterocycles. The highest BCUT2D eigenvalue weighted by molar-refractivity contribution is 8.08. The maximum Gasteiger partial charge on any atom is 0.271 e. The van der Waals surface area contributed by atoms with Gasteiger partial charge in [0.1, 0.15) is 20.0 Å². The van der Waals surface area contributed by atoms with Gasteiger partial charge in [0.2, 0.25) is 0 Å². The highest BCUT2D eigenvalue weighted by atomic mass is 32.2. The molecule has 4 aromatic rings. The number of hydrogen-bond acceptors (Lipinski definition) is 6. The quantitative estimate of drug-likeness (QED) is 0.385. The fraction of sp³-hybridized carbons (Fsp3) is 0.231. The lowest BCUT2D eigenvalue weighted by Crippen LogP contribution is -2.36. The third-order valence-electron chi connectivity index (χ3n) is 5.90. The van der Waals surface area contributed by atoms with E-state index in [1.54, 1.807) is 41.5 Å². The zero-order valence-corrected chi connectivity index (χ0v) is 22.0. The topological polar surface area (TPSA) is 38.4 Å². The molecule has 1 aliphatic rings. The highest BCUT2D eigenvalue weighted by Gasteiger charge is 2.25. The van der Waals surface area contributed by atoms with Crippen LogP contribution in [0.5, 0.6) is 5.75 Å². The molecule has 5 rings (SSSR count). The van der Waals surface area contributed by atoms with Crippen molar-refractivity contribution in [2.24, 2.45) is 0 Å². The first-order valence-electron chi connectivity index (χ1n) is 11.1. The van der Waals surface area contributed by atoms with E-state index < -0.39 is 0 Å². The van der Waals surface area contributed by atoms with Gasteiger partial charge in [0.15, 0.2) is 12.7 Å². The smallest absolute Gasteiger partial charge is 0.271 e. The van der Waals surface area contributed by atoms with E-state index in [2.05, 4.69) is 58.3 Å². The Bertz CT molecular complexity index is 1550. The molecule has 8 heteroatoms. The average molecular weight is 509 g/mol. The highest BCUT2D eigenvalue weighted by Crippen LogP contribution is 2.45. The molecule has 5 nitrogen and oxygen atoms in total. The minimum absolute atomic E-state index is 0.0745. The standard InChI is InChI=1S/C26H26N3O2S3/c1-5-29-23(15-22-28(12-13-32-22)16-18-8-6-7-9-20(18)31-4)34-24(25(29)30)26-27(3)19-14-17(2)10-11-21(19)33-26/h6-15H,5,16H2,1-4H3/q+1/b26-24+. The Morgan fingerprint density at radius 3 is 2.79 bits per heavy atom. The van der Waals surface area contributed by atoms with Crippen molar-refractivity contribution in [1.82, 2.24) is 4.57 Å². The van der Waals surface area contributed by atoms with Crippen molar-refractivity contribution in [2.75, 3.05) is 19.1 Å². The maximum atomic E-state index is 13.4. The molecule has 0 unspecified atom stereocenters. The predicted molar refractivity (Wildman–Crippen MR) is 143 cm³/mol. The number of methoxy groups -OCH3 is 1. The summed E-state index contributed by atoms with van der Waals surface area (Å²) in [4.78, 5) is 16.8. The molecule has 0 fully saturated rings. The van der Waals surface area contributed by atoms with Gasteiger partial charge in [-0.25, -0.2) is 0 Å². The Hall–Kier alpha value is -2.81. The van der Waals surface area contributed by atoms with Gasteiger partial charge in [-0.15, -0.1) is 11.3 Å². The molecule has 0 aliphatic carbocycles. The number of ether oxygens (including phenoxy) is 1. The normalized spacial score (nSPS) is 15.2. The number of para-hydroxylation sites is 1. The van der Waals surface area contributed by atoms with Crippen LogP contribution < -0.4 is 29.0 Å². The molecule has 2 aromatic carbocycles. The van der Waals surface area contributed by atoms with Gasteiger partial charge >= 0.3 is 0 Å². The first-order chi connectivity index (χ1) is 16.5. The van der Waals surface area contributed by atoms with Crippen molar-refractivity contribution >= 4 is 51.2 Å². The summed E-state index contributed by atoms with van der Waals surface area (Å²) in [5.41, 5.74) is 3.58. The molecular weight excluding hydrogens is 483 g/mol. The van der Waals surface area contributed by atoms with Crippen LogP contribution >= 0.6 is 34.4 Å². The summed E-state index contributed by atoms with van der Waals surface area (Å²) in [5, 5.41) is 4.18. The fourth-order valence-electron chi connectivity index (χ4n) is 4.11. The zero-order valence-electron chi connectivity index (χ0n) is 19.6. The summed E-state index contributed by atoms with van der Waals surface area (Å²) in [6.45, 7) is 5.46. The number of benzene rings is 2. The fourth-order valence-corrected chi connectivity index (χ4v) is 7.41. The number of aromatic nitrogens is 2. The van der Waals surface area contributed by atoms with Gasteiger partial charge in [0.25, 0.3) is 10.6 Å². The summed E-state index contributed by atoms with van der Waals surface area (Å²) in [7, 11) is 3.75. The van der Waals surface area contributed by atoms with Crippen LogP contribution in [0.25, 0.3) is 11.1 Å². The molecule has 0 spiro atoms. The van der Waals surface area contributed by atoms with Crippen molar-refractivity contribution in [3.05, 3.63) is 89.7 Å². The van der Waals surface area contributed by atoms with Gasteiger partial charge < -0.3 is 9.64 Å². The van der Waals surface area contributed by atoms with Crippen LogP contribution in [-0.2, 0) is 13.1 Å². The second-order valence-corrected chi connectivity index (χ2v) is 11.1. The lowest BCUT2D eigenvalue weighted by Gasteiger charge is -2.12. The second kappa shape index (κ2) is 9.44. The molecule has 0 atom stereocenters. The maximum absolute atomic E-state index is 13.4. The van der Waals surface area contributed by atoms with Crippen LogP contribution in [0.4, 0.5) is 5.69 Å². The number of anilines is 1. The van der Waals surface area contributed by atoms with Crippen LogP contribution in [0, 0.1) is 6.92 Å². The molecule has 0 amide bonds. The van der Waals surface area contributed by atoms with E-state index in [0.29, 0.717) is 13.1 Å². The second-order valence-electron chi connectivity index (χ2n) is 8.08. The Kier molecular flexibility index (Phi) is 6.38. The van der Waals surface area contributed by atoms with E-state index in [0.717, 1.165) is 36.2 Å². The average Bonchev–Trinajstić information content (AvgIpc) is 3.50. The van der Waals surface area contributed by atoms with Gasteiger partial charge in [-0.05, 0) is 43.7 Å². The Morgan fingerprint density at radius 1 is 1.18 bits per heavy atom. The predicted octanol–water partition coefficient (Wildman–Crippen LogP) is 3.78.